The molecule has 0 amide bonds. The van der Waals surface area contributed by atoms with Crippen LogP contribution in [-0.2, 0) is 42.7 Å². The summed E-state index contributed by atoms with van der Waals surface area (Å²) < 4.78 is 9.02. The van der Waals surface area contributed by atoms with Gasteiger partial charge in [-0.3, -0.25) is 0 Å². The molecule has 356 valence electrons. The molecule has 1 aliphatic rings. The number of benzene rings is 7. The summed E-state index contributed by atoms with van der Waals surface area (Å²) in [4.78, 5) is 9.52. The van der Waals surface area contributed by atoms with Crippen LogP contribution in [0.15, 0.2) is 164 Å². The summed E-state index contributed by atoms with van der Waals surface area (Å²) in [5.41, 5.74) is 14.4. The van der Waals surface area contributed by atoms with Crippen molar-refractivity contribution in [3.63, 3.8) is 0 Å². The van der Waals surface area contributed by atoms with Crippen molar-refractivity contribution in [2.45, 2.75) is 97.8 Å². The van der Waals surface area contributed by atoms with E-state index in [1.165, 1.54) is 44.3 Å². The first-order chi connectivity index (χ1) is 32.3. The Bertz CT molecular complexity index is 3330. The van der Waals surface area contributed by atoms with E-state index in [0.717, 1.165) is 45.0 Å². The van der Waals surface area contributed by atoms with Crippen molar-refractivity contribution < 1.29 is 25.8 Å². The van der Waals surface area contributed by atoms with Crippen LogP contribution in [-0.4, -0.2) is 9.55 Å². The van der Waals surface area contributed by atoms with Crippen molar-refractivity contribution in [2.75, 3.05) is 9.80 Å². The summed E-state index contributed by atoms with van der Waals surface area (Å²) >= 11 is 0. The molecule has 0 N–H and O–H groups in total. The first-order valence-corrected chi connectivity index (χ1v) is 23.9. The topological polar surface area (TPSA) is 33.5 Å². The van der Waals surface area contributed by atoms with Crippen molar-refractivity contribution in [2.24, 2.45) is 0 Å². The van der Waals surface area contributed by atoms with Gasteiger partial charge in [0.1, 0.15) is 5.82 Å². The van der Waals surface area contributed by atoms with E-state index in [0.29, 0.717) is 11.5 Å². The van der Waals surface area contributed by atoms with Crippen molar-refractivity contribution in [1.29, 1.82) is 0 Å². The number of fused-ring (bicyclic) bond motifs is 4. The van der Waals surface area contributed by atoms with Crippen LogP contribution in [0.1, 0.15) is 104 Å². The maximum atomic E-state index is 6.78. The average Bonchev–Trinajstić information content (AvgIpc) is 3.87. The van der Waals surface area contributed by atoms with Crippen LogP contribution in [0.25, 0.3) is 38.8 Å². The van der Waals surface area contributed by atoms with E-state index in [2.05, 4.69) is 249 Å². The Morgan fingerprint density at radius 2 is 1.14 bits per heavy atom. The smallest absolute Gasteiger partial charge is 0.509 e. The molecule has 0 fully saturated rings. The van der Waals surface area contributed by atoms with Gasteiger partial charge in [0.15, 0.2) is 0 Å². The van der Waals surface area contributed by atoms with Crippen LogP contribution in [0, 0.1) is 26.2 Å². The van der Waals surface area contributed by atoms with E-state index in [-0.39, 0.29) is 50.2 Å². The van der Waals surface area contributed by atoms with Crippen LogP contribution < -0.4 is 14.5 Å². The molecule has 0 spiro atoms. The van der Waals surface area contributed by atoms with Crippen molar-refractivity contribution >= 4 is 44.6 Å². The molecular formula is C64H64N4OPt. The Labute approximate surface area is 431 Å². The molecular weight excluding hydrogens is 1040 g/mol. The number of anilines is 4. The van der Waals surface area contributed by atoms with Gasteiger partial charge in [-0.25, -0.2) is 4.98 Å². The third-order valence-corrected chi connectivity index (χ3v) is 13.7. The fourth-order valence-electron chi connectivity index (χ4n) is 9.40. The summed E-state index contributed by atoms with van der Waals surface area (Å²) in [7, 11) is 0. The summed E-state index contributed by atoms with van der Waals surface area (Å²) in [5.74, 6) is 2.05. The monoisotopic (exact) mass is 1100 g/mol. The third-order valence-electron chi connectivity index (χ3n) is 13.7. The Kier molecular flexibility index (Phi) is 13.4. The molecule has 0 unspecified atom stereocenters. The number of rotatable bonds is 8. The molecule has 7 aromatic carbocycles. The van der Waals surface area contributed by atoms with E-state index in [9.17, 15) is 0 Å². The van der Waals surface area contributed by atoms with E-state index >= 15 is 0 Å². The van der Waals surface area contributed by atoms with Gasteiger partial charge in [-0.1, -0.05) is 167 Å². The van der Waals surface area contributed by atoms with Crippen LogP contribution in [0.2, 0.25) is 0 Å². The third kappa shape index (κ3) is 9.46. The normalized spacial score (nSPS) is 13.0. The van der Waals surface area contributed by atoms with E-state index in [1.807, 2.05) is 24.4 Å². The first-order valence-electron chi connectivity index (χ1n) is 23.9. The molecule has 2 aromatic heterocycles. The summed E-state index contributed by atoms with van der Waals surface area (Å²) in [6, 6.07) is 64.2. The Morgan fingerprint density at radius 1 is 0.486 bits per heavy atom. The number of aromatic nitrogens is 2. The quantitative estimate of drug-likeness (QED) is 0.142. The summed E-state index contributed by atoms with van der Waals surface area (Å²) in [6.45, 7) is 27.2. The zero-order valence-electron chi connectivity index (χ0n) is 42.7. The maximum Gasteiger partial charge on any atom is 4.00 e. The van der Waals surface area contributed by atoms with Gasteiger partial charge in [0.05, 0.1) is 0 Å². The SMILES string of the molecule is CC(C)(C)c1cc(-c2ccccc2)cc(N2[CH-]N(c3[c-]c(Oc4[c-]c5c(cc4)c4cc(C(C)(C)C)ccc4n5-c4cc(C(C)(C)C)ccn4)ccc3)c3cc(C(C)(C)c4ccccc4)ccc32)c1.[CH3-].[Pt+4]. The number of hydrogen-bond donors (Lipinski definition) is 0. The molecule has 70 heavy (non-hydrogen) atoms. The van der Waals surface area contributed by atoms with Crippen molar-refractivity contribution in [3.8, 4) is 28.4 Å². The predicted octanol–water partition coefficient (Wildman–Crippen LogP) is 17.3. The number of ether oxygens (including phenoxy) is 1. The fraction of sp³-hybridized carbons (Fsp3) is 0.234. The molecule has 1 aliphatic heterocycles. The first kappa shape index (κ1) is 50.0. The minimum Gasteiger partial charge on any atom is -0.509 e. The van der Waals surface area contributed by atoms with Crippen LogP contribution >= 0.6 is 0 Å². The maximum absolute atomic E-state index is 6.78. The molecule has 0 atom stereocenters. The van der Waals surface area contributed by atoms with Crippen LogP contribution in [0.4, 0.5) is 22.7 Å². The fourth-order valence-corrected chi connectivity index (χ4v) is 9.40. The number of nitrogens with zero attached hydrogens (tertiary/aromatic N) is 4. The van der Waals surface area contributed by atoms with Gasteiger partial charge < -0.3 is 26.5 Å². The van der Waals surface area contributed by atoms with Crippen LogP contribution in [0.3, 0.4) is 0 Å². The molecule has 0 saturated carbocycles. The zero-order valence-corrected chi connectivity index (χ0v) is 45.0. The van der Waals surface area contributed by atoms with Gasteiger partial charge in [-0.05, 0) is 103 Å². The molecule has 3 heterocycles. The molecule has 9 aromatic rings. The van der Waals surface area contributed by atoms with Crippen molar-refractivity contribution in [1.82, 2.24) is 9.55 Å². The van der Waals surface area contributed by atoms with Gasteiger partial charge in [-0.15, -0.1) is 48.1 Å². The van der Waals surface area contributed by atoms with Gasteiger partial charge in [0.25, 0.3) is 0 Å². The second kappa shape index (κ2) is 18.7. The second-order valence-corrected chi connectivity index (χ2v) is 22.0. The molecule has 5 nitrogen and oxygen atoms in total. The molecule has 10 rings (SSSR count). The molecule has 0 bridgehead atoms. The van der Waals surface area contributed by atoms with E-state index in [4.69, 9.17) is 9.72 Å². The number of hydrogen-bond acceptors (Lipinski definition) is 4. The van der Waals surface area contributed by atoms with Gasteiger partial charge in [0.2, 0.25) is 0 Å². The Morgan fingerprint density at radius 3 is 1.84 bits per heavy atom. The van der Waals surface area contributed by atoms with Crippen LogP contribution in [0.5, 0.6) is 11.5 Å². The zero-order chi connectivity index (χ0) is 47.8. The standard InChI is InChI=1S/C63H61N4O.CH3.Pt/c1-60(2,3)45-25-29-55-54(36-45)53-28-27-52(40-57(53)67(55)59-38-46(31-32-64-59)61(4,5)6)68-51-24-18-23-49(39-51)65-41-66(50-34-43(42-19-14-12-15-20-42)33-48(35-50)62(7,8)9)56-30-26-47(37-58(56)65)63(10,11)44-21-16-13-17-22-44;;/h12-38,41H,1-11H3;1H3;/q-3;-1;+4. The van der Waals surface area contributed by atoms with E-state index in [1.54, 1.807) is 0 Å². The molecule has 6 heteroatoms. The summed E-state index contributed by atoms with van der Waals surface area (Å²) in [5, 5.41) is 2.26. The van der Waals surface area contributed by atoms with Gasteiger partial charge >= 0.3 is 21.1 Å². The van der Waals surface area contributed by atoms with Crippen molar-refractivity contribution in [3.05, 3.63) is 218 Å². The number of pyridine rings is 1. The predicted molar refractivity (Wildman–Crippen MR) is 291 cm³/mol. The van der Waals surface area contributed by atoms with E-state index < -0.39 is 0 Å². The second-order valence-electron chi connectivity index (χ2n) is 22.0. The Balaban J connectivity index is 0.00000329. The summed E-state index contributed by atoms with van der Waals surface area (Å²) in [6.07, 6.45) is 1.92. The minimum absolute atomic E-state index is 0. The minimum atomic E-state index is -0.245. The largest absolute Gasteiger partial charge is 4.00 e. The van der Waals surface area contributed by atoms with Gasteiger partial charge in [0, 0.05) is 45.7 Å². The molecule has 0 aliphatic carbocycles. The average molecular weight is 1100 g/mol. The molecule has 0 radical (unpaired) electrons. The van der Waals surface area contributed by atoms with Gasteiger partial charge in [-0.2, -0.15) is 12.1 Å². The Hall–Kier alpha value is -6.42. The molecule has 0 saturated heterocycles.